The topological polar surface area (TPSA) is 81.4 Å². The van der Waals surface area contributed by atoms with Crippen molar-refractivity contribution in [1.29, 1.82) is 5.26 Å². The quantitative estimate of drug-likeness (QED) is 0.836. The molecule has 126 valence electrons. The van der Waals surface area contributed by atoms with Crippen LogP contribution in [0.4, 0.5) is 0 Å². The van der Waals surface area contributed by atoms with E-state index in [0.29, 0.717) is 17.5 Å². The van der Waals surface area contributed by atoms with Gasteiger partial charge in [0.05, 0.1) is 23.4 Å². The minimum absolute atomic E-state index is 0.108. The molecule has 0 bridgehead atoms. The maximum absolute atomic E-state index is 12.8. The monoisotopic (exact) mass is 344 g/mol. The van der Waals surface area contributed by atoms with Crippen LogP contribution < -0.4 is 0 Å². The lowest BCUT2D eigenvalue weighted by Gasteiger charge is -2.27. The molecule has 0 aromatic heterocycles. The van der Waals surface area contributed by atoms with E-state index in [1.54, 1.807) is 24.3 Å². The summed E-state index contributed by atoms with van der Waals surface area (Å²) in [6.07, 6.45) is 0.317. The predicted octanol–water partition coefficient (Wildman–Crippen LogP) is 2.44. The average molecular weight is 344 g/mol. The molecule has 0 radical (unpaired) electrons. The third kappa shape index (κ3) is 4.42. The number of hydrogen-bond acceptors (Lipinski definition) is 4. The van der Waals surface area contributed by atoms with Crippen LogP contribution in [0.25, 0.3) is 0 Å². The number of rotatable bonds is 7. The van der Waals surface area contributed by atoms with Gasteiger partial charge in [-0.15, -0.1) is 0 Å². The number of nitrogens with zero attached hydrogens (tertiary/aromatic N) is 2. The summed E-state index contributed by atoms with van der Waals surface area (Å²) in [6.45, 7) is -0.108. The Labute approximate surface area is 142 Å². The lowest BCUT2D eigenvalue weighted by atomic mass is 10.0. The first-order valence-corrected chi connectivity index (χ1v) is 9.19. The van der Waals surface area contributed by atoms with Crippen molar-refractivity contribution < 1.29 is 13.5 Å². The SMILES string of the molecule is CN(C(CCO)c1ccccc1)S(=O)(=O)Cc1cccc(C#N)c1. The number of hydrogen-bond donors (Lipinski definition) is 1. The molecule has 0 heterocycles. The van der Waals surface area contributed by atoms with Crippen molar-refractivity contribution in [3.8, 4) is 6.07 Å². The molecule has 2 rings (SSSR count). The molecule has 2 aromatic carbocycles. The fourth-order valence-electron chi connectivity index (χ4n) is 2.59. The van der Waals surface area contributed by atoms with Gasteiger partial charge in [0, 0.05) is 13.7 Å². The molecule has 1 N–H and O–H groups in total. The van der Waals surface area contributed by atoms with Crippen LogP contribution in [0, 0.1) is 11.3 Å². The zero-order valence-electron chi connectivity index (χ0n) is 13.5. The molecule has 0 fully saturated rings. The van der Waals surface area contributed by atoms with Gasteiger partial charge in [-0.3, -0.25) is 0 Å². The van der Waals surface area contributed by atoms with Crippen molar-refractivity contribution >= 4 is 10.0 Å². The molecule has 1 atom stereocenters. The van der Waals surface area contributed by atoms with Crippen LogP contribution in [0.5, 0.6) is 0 Å². The summed E-state index contributed by atoms with van der Waals surface area (Å²) < 4.78 is 26.8. The van der Waals surface area contributed by atoms with Crippen molar-refractivity contribution in [2.45, 2.75) is 18.2 Å². The molecule has 1 unspecified atom stereocenters. The van der Waals surface area contributed by atoms with Crippen LogP contribution in [-0.4, -0.2) is 31.5 Å². The van der Waals surface area contributed by atoms with E-state index in [0.717, 1.165) is 5.56 Å². The highest BCUT2D eigenvalue weighted by molar-refractivity contribution is 7.88. The van der Waals surface area contributed by atoms with Crippen LogP contribution in [-0.2, 0) is 15.8 Å². The third-order valence-electron chi connectivity index (χ3n) is 3.87. The smallest absolute Gasteiger partial charge is 0.218 e. The number of aliphatic hydroxyl groups is 1. The van der Waals surface area contributed by atoms with Crippen molar-refractivity contribution in [2.24, 2.45) is 0 Å². The number of benzene rings is 2. The maximum Gasteiger partial charge on any atom is 0.218 e. The Balaban J connectivity index is 2.27. The molecule has 24 heavy (non-hydrogen) atoms. The zero-order chi connectivity index (χ0) is 17.6. The molecule has 2 aromatic rings. The summed E-state index contributed by atoms with van der Waals surface area (Å²) >= 11 is 0. The van der Waals surface area contributed by atoms with E-state index in [1.807, 2.05) is 36.4 Å². The van der Waals surface area contributed by atoms with Gasteiger partial charge in [0.25, 0.3) is 0 Å². The van der Waals surface area contributed by atoms with Gasteiger partial charge in [-0.05, 0) is 29.7 Å². The van der Waals surface area contributed by atoms with Gasteiger partial charge >= 0.3 is 0 Å². The molecular formula is C18H20N2O3S. The fourth-order valence-corrected chi connectivity index (χ4v) is 4.01. The first-order chi connectivity index (χ1) is 11.5. The zero-order valence-corrected chi connectivity index (χ0v) is 14.3. The van der Waals surface area contributed by atoms with E-state index in [4.69, 9.17) is 5.26 Å². The first-order valence-electron chi connectivity index (χ1n) is 7.58. The second-order valence-electron chi connectivity index (χ2n) is 5.52. The predicted molar refractivity (Wildman–Crippen MR) is 92.4 cm³/mol. The largest absolute Gasteiger partial charge is 0.396 e. The highest BCUT2D eigenvalue weighted by Gasteiger charge is 2.27. The molecule has 5 nitrogen and oxygen atoms in total. The van der Waals surface area contributed by atoms with Gasteiger partial charge in [-0.2, -0.15) is 9.57 Å². The van der Waals surface area contributed by atoms with Crippen LogP contribution in [0.2, 0.25) is 0 Å². The number of sulfonamides is 1. The standard InChI is InChI=1S/C18H20N2O3S/c1-20(18(10-11-21)17-8-3-2-4-9-17)24(22,23)14-16-7-5-6-15(12-16)13-19/h2-9,12,18,21H,10-11,14H2,1H3. The molecule has 0 aliphatic rings. The van der Waals surface area contributed by atoms with Gasteiger partial charge < -0.3 is 5.11 Å². The van der Waals surface area contributed by atoms with E-state index in [-0.39, 0.29) is 12.4 Å². The Morgan fingerprint density at radius 3 is 2.50 bits per heavy atom. The minimum atomic E-state index is -3.60. The van der Waals surface area contributed by atoms with Gasteiger partial charge in [0.1, 0.15) is 0 Å². The Hall–Kier alpha value is -2.20. The third-order valence-corrected chi connectivity index (χ3v) is 5.70. The van der Waals surface area contributed by atoms with Crippen molar-refractivity contribution in [2.75, 3.05) is 13.7 Å². The summed E-state index contributed by atoms with van der Waals surface area (Å²) in [5.41, 5.74) is 1.83. The van der Waals surface area contributed by atoms with Crippen molar-refractivity contribution in [3.05, 3.63) is 71.3 Å². The molecular weight excluding hydrogens is 324 g/mol. The summed E-state index contributed by atoms with van der Waals surface area (Å²) in [6, 6.07) is 17.4. The maximum atomic E-state index is 12.8. The molecule has 0 aliphatic carbocycles. The normalized spacial score (nSPS) is 12.8. The molecule has 6 heteroatoms. The molecule has 0 spiro atoms. The van der Waals surface area contributed by atoms with Gasteiger partial charge in [-0.1, -0.05) is 42.5 Å². The lowest BCUT2D eigenvalue weighted by Crippen LogP contribution is -2.33. The van der Waals surface area contributed by atoms with E-state index in [2.05, 4.69) is 0 Å². The first kappa shape index (κ1) is 18.1. The highest BCUT2D eigenvalue weighted by Crippen LogP contribution is 2.26. The Kier molecular flexibility index (Phi) is 6.10. The highest BCUT2D eigenvalue weighted by atomic mass is 32.2. The summed E-state index contributed by atoms with van der Waals surface area (Å²) in [4.78, 5) is 0. The van der Waals surface area contributed by atoms with E-state index in [1.165, 1.54) is 11.4 Å². The second kappa shape index (κ2) is 8.06. The lowest BCUT2D eigenvalue weighted by molar-refractivity contribution is 0.240. The van der Waals surface area contributed by atoms with Crippen LogP contribution in [0.3, 0.4) is 0 Å². The average Bonchev–Trinajstić information content (AvgIpc) is 2.59. The Morgan fingerprint density at radius 2 is 1.88 bits per heavy atom. The van der Waals surface area contributed by atoms with E-state index < -0.39 is 16.1 Å². The van der Waals surface area contributed by atoms with Gasteiger partial charge in [0.15, 0.2) is 0 Å². The summed E-state index contributed by atoms with van der Waals surface area (Å²) in [5.74, 6) is -0.187. The van der Waals surface area contributed by atoms with Crippen molar-refractivity contribution in [1.82, 2.24) is 4.31 Å². The molecule has 0 saturated carbocycles. The van der Waals surface area contributed by atoms with Gasteiger partial charge in [0.2, 0.25) is 10.0 Å². The number of aliphatic hydroxyl groups excluding tert-OH is 1. The van der Waals surface area contributed by atoms with Gasteiger partial charge in [-0.25, -0.2) is 8.42 Å². The van der Waals surface area contributed by atoms with Crippen LogP contribution in [0.1, 0.15) is 29.2 Å². The summed E-state index contributed by atoms with van der Waals surface area (Å²) in [5, 5.41) is 18.3. The Morgan fingerprint density at radius 1 is 1.17 bits per heavy atom. The second-order valence-corrected chi connectivity index (χ2v) is 7.55. The van der Waals surface area contributed by atoms with E-state index >= 15 is 0 Å². The van der Waals surface area contributed by atoms with Crippen LogP contribution >= 0.6 is 0 Å². The van der Waals surface area contributed by atoms with Crippen LogP contribution in [0.15, 0.2) is 54.6 Å². The molecule has 0 aliphatic heterocycles. The molecule has 0 saturated heterocycles. The fraction of sp³-hybridized carbons (Fsp3) is 0.278. The number of nitriles is 1. The van der Waals surface area contributed by atoms with Crippen molar-refractivity contribution in [3.63, 3.8) is 0 Å². The Bertz CT molecular complexity index is 814. The minimum Gasteiger partial charge on any atom is -0.396 e. The summed E-state index contributed by atoms with van der Waals surface area (Å²) in [7, 11) is -2.07. The van der Waals surface area contributed by atoms with E-state index in [9.17, 15) is 13.5 Å². The molecule has 0 amide bonds.